The zero-order valence-corrected chi connectivity index (χ0v) is 12.7. The summed E-state index contributed by atoms with van der Waals surface area (Å²) in [7, 11) is 0. The molecule has 0 saturated carbocycles. The Kier molecular flexibility index (Phi) is 5.05. The minimum Gasteiger partial charge on any atom is -0.343 e. The van der Waals surface area contributed by atoms with Crippen molar-refractivity contribution in [1.82, 2.24) is 5.32 Å². The van der Waals surface area contributed by atoms with Gasteiger partial charge in [-0.1, -0.05) is 12.1 Å². The Morgan fingerprint density at radius 3 is 2.48 bits per heavy atom. The highest BCUT2D eigenvalue weighted by atomic mass is 19.2. The van der Waals surface area contributed by atoms with E-state index in [1.165, 1.54) is 0 Å². The van der Waals surface area contributed by atoms with E-state index in [9.17, 15) is 18.4 Å². The van der Waals surface area contributed by atoms with Gasteiger partial charge in [0.2, 0.25) is 5.91 Å². The second-order valence-corrected chi connectivity index (χ2v) is 5.11. The number of halogens is 2. The van der Waals surface area contributed by atoms with Crippen LogP contribution in [0.25, 0.3) is 0 Å². The molecule has 0 spiro atoms. The number of rotatable bonds is 4. The van der Waals surface area contributed by atoms with Crippen molar-refractivity contribution >= 4 is 17.5 Å². The summed E-state index contributed by atoms with van der Waals surface area (Å²) < 4.78 is 25.9. The van der Waals surface area contributed by atoms with Gasteiger partial charge < -0.3 is 10.6 Å². The Morgan fingerprint density at radius 1 is 1.04 bits per heavy atom. The second kappa shape index (κ2) is 7.00. The Bertz CT molecular complexity index is 760. The minimum absolute atomic E-state index is 0.0524. The topological polar surface area (TPSA) is 58.2 Å². The number of anilines is 1. The van der Waals surface area contributed by atoms with Crippen molar-refractivity contribution in [2.45, 2.75) is 13.8 Å². The third kappa shape index (κ3) is 4.12. The molecule has 0 saturated heterocycles. The quantitative estimate of drug-likeness (QED) is 0.910. The van der Waals surface area contributed by atoms with Crippen molar-refractivity contribution in [2.24, 2.45) is 0 Å². The van der Waals surface area contributed by atoms with Crippen molar-refractivity contribution in [3.63, 3.8) is 0 Å². The van der Waals surface area contributed by atoms with Gasteiger partial charge in [-0.05, 0) is 49.2 Å². The molecular formula is C17H16F2N2O2. The van der Waals surface area contributed by atoms with E-state index in [4.69, 9.17) is 0 Å². The summed E-state index contributed by atoms with van der Waals surface area (Å²) in [5, 5.41) is 5.05. The van der Waals surface area contributed by atoms with Crippen molar-refractivity contribution in [3.8, 4) is 0 Å². The summed E-state index contributed by atoms with van der Waals surface area (Å²) in [6.45, 7) is 3.53. The molecule has 6 heteroatoms. The van der Waals surface area contributed by atoms with Crippen LogP contribution in [0.5, 0.6) is 0 Å². The van der Waals surface area contributed by atoms with Gasteiger partial charge in [-0.25, -0.2) is 8.78 Å². The van der Waals surface area contributed by atoms with Crippen molar-refractivity contribution in [2.75, 3.05) is 11.9 Å². The van der Waals surface area contributed by atoms with Crippen LogP contribution in [0.15, 0.2) is 36.4 Å². The summed E-state index contributed by atoms with van der Waals surface area (Å²) in [4.78, 5) is 23.7. The fourth-order valence-corrected chi connectivity index (χ4v) is 1.98. The second-order valence-electron chi connectivity index (χ2n) is 5.11. The predicted octanol–water partition coefficient (Wildman–Crippen LogP) is 2.95. The predicted molar refractivity (Wildman–Crippen MR) is 83.2 cm³/mol. The first-order chi connectivity index (χ1) is 10.9. The average molecular weight is 318 g/mol. The molecule has 23 heavy (non-hydrogen) atoms. The molecule has 0 bridgehead atoms. The van der Waals surface area contributed by atoms with Crippen LogP contribution in [-0.4, -0.2) is 18.4 Å². The minimum atomic E-state index is -1.11. The maximum Gasteiger partial charge on any atom is 0.251 e. The first-order valence-electron chi connectivity index (χ1n) is 6.98. The van der Waals surface area contributed by atoms with Gasteiger partial charge in [0.15, 0.2) is 11.6 Å². The maximum atomic E-state index is 13.1. The molecule has 0 aromatic heterocycles. The van der Waals surface area contributed by atoms with Crippen LogP contribution >= 0.6 is 0 Å². The van der Waals surface area contributed by atoms with E-state index in [2.05, 4.69) is 10.6 Å². The van der Waals surface area contributed by atoms with E-state index in [1.54, 1.807) is 6.07 Å². The third-order valence-electron chi connectivity index (χ3n) is 3.47. The van der Waals surface area contributed by atoms with Crippen LogP contribution in [0.1, 0.15) is 21.5 Å². The van der Waals surface area contributed by atoms with Gasteiger partial charge in [-0.15, -0.1) is 0 Å². The first kappa shape index (κ1) is 16.6. The number of hydrogen-bond donors (Lipinski definition) is 2. The SMILES string of the molecule is Cc1cccc(NC(=O)CNC(=O)c2ccc(F)c(F)c2)c1C. The highest BCUT2D eigenvalue weighted by molar-refractivity contribution is 5.99. The van der Waals surface area contributed by atoms with Crippen LogP contribution < -0.4 is 10.6 Å². The molecule has 0 fully saturated rings. The van der Waals surface area contributed by atoms with Crippen LogP contribution in [-0.2, 0) is 4.79 Å². The summed E-state index contributed by atoms with van der Waals surface area (Å²) in [6.07, 6.45) is 0. The van der Waals surface area contributed by atoms with Crippen LogP contribution in [0, 0.1) is 25.5 Å². The summed E-state index contributed by atoms with van der Waals surface area (Å²) in [6, 6.07) is 8.30. The maximum absolute atomic E-state index is 13.1. The van der Waals surface area contributed by atoms with Gasteiger partial charge >= 0.3 is 0 Å². The lowest BCUT2D eigenvalue weighted by molar-refractivity contribution is -0.115. The number of carbonyl (C=O) groups is 2. The molecular weight excluding hydrogens is 302 g/mol. The molecule has 0 aliphatic rings. The van der Waals surface area contributed by atoms with Gasteiger partial charge in [-0.3, -0.25) is 9.59 Å². The van der Waals surface area contributed by atoms with E-state index in [1.807, 2.05) is 26.0 Å². The van der Waals surface area contributed by atoms with Crippen LogP contribution in [0.3, 0.4) is 0 Å². The Balaban J connectivity index is 1.94. The largest absolute Gasteiger partial charge is 0.343 e. The highest BCUT2D eigenvalue weighted by Gasteiger charge is 2.12. The lowest BCUT2D eigenvalue weighted by atomic mass is 10.1. The highest BCUT2D eigenvalue weighted by Crippen LogP contribution is 2.17. The Morgan fingerprint density at radius 2 is 1.78 bits per heavy atom. The molecule has 0 heterocycles. The number of nitrogens with one attached hydrogen (secondary N) is 2. The molecule has 0 aliphatic carbocycles. The number of aryl methyl sites for hydroxylation is 1. The molecule has 2 amide bonds. The van der Waals surface area contributed by atoms with Crippen molar-refractivity contribution in [1.29, 1.82) is 0 Å². The molecule has 2 N–H and O–H groups in total. The summed E-state index contributed by atoms with van der Waals surface area (Å²) >= 11 is 0. The first-order valence-corrected chi connectivity index (χ1v) is 6.98. The lowest BCUT2D eigenvalue weighted by Gasteiger charge is -2.11. The fourth-order valence-electron chi connectivity index (χ4n) is 1.98. The average Bonchev–Trinajstić information content (AvgIpc) is 2.52. The molecule has 0 radical (unpaired) electrons. The molecule has 2 rings (SSSR count). The lowest BCUT2D eigenvalue weighted by Crippen LogP contribution is -2.33. The fraction of sp³-hybridized carbons (Fsp3) is 0.176. The van der Waals surface area contributed by atoms with Gasteiger partial charge in [0.25, 0.3) is 5.91 Å². The van der Waals surface area contributed by atoms with E-state index in [-0.39, 0.29) is 12.1 Å². The molecule has 2 aromatic carbocycles. The number of benzene rings is 2. The zero-order chi connectivity index (χ0) is 17.0. The normalized spacial score (nSPS) is 10.3. The van der Waals surface area contributed by atoms with Crippen LogP contribution in [0.4, 0.5) is 14.5 Å². The van der Waals surface area contributed by atoms with Gasteiger partial charge in [-0.2, -0.15) is 0 Å². The Hall–Kier alpha value is -2.76. The van der Waals surface area contributed by atoms with E-state index < -0.39 is 23.4 Å². The van der Waals surface area contributed by atoms with E-state index in [0.29, 0.717) is 5.69 Å². The molecule has 0 unspecified atom stereocenters. The molecule has 120 valence electrons. The zero-order valence-electron chi connectivity index (χ0n) is 12.7. The van der Waals surface area contributed by atoms with Crippen molar-refractivity contribution < 1.29 is 18.4 Å². The molecule has 4 nitrogen and oxygen atoms in total. The van der Waals surface area contributed by atoms with Gasteiger partial charge in [0.1, 0.15) is 0 Å². The summed E-state index contributed by atoms with van der Waals surface area (Å²) in [5.41, 5.74) is 2.59. The number of hydrogen-bond acceptors (Lipinski definition) is 2. The Labute approximate surface area is 132 Å². The number of carbonyl (C=O) groups excluding carboxylic acids is 2. The van der Waals surface area contributed by atoms with Gasteiger partial charge in [0, 0.05) is 11.3 Å². The standard InChI is InChI=1S/C17H16F2N2O2/c1-10-4-3-5-15(11(10)2)21-16(22)9-20-17(23)12-6-7-13(18)14(19)8-12/h3-8H,9H2,1-2H3,(H,20,23)(H,21,22). The smallest absolute Gasteiger partial charge is 0.251 e. The van der Waals surface area contributed by atoms with Crippen molar-refractivity contribution in [3.05, 3.63) is 64.7 Å². The third-order valence-corrected chi connectivity index (χ3v) is 3.47. The van der Waals surface area contributed by atoms with Gasteiger partial charge in [0.05, 0.1) is 6.54 Å². The number of amides is 2. The van der Waals surface area contributed by atoms with E-state index in [0.717, 1.165) is 29.3 Å². The summed E-state index contributed by atoms with van der Waals surface area (Å²) in [5.74, 6) is -3.21. The van der Waals surface area contributed by atoms with E-state index >= 15 is 0 Å². The molecule has 0 atom stereocenters. The monoisotopic (exact) mass is 318 g/mol. The molecule has 0 aliphatic heterocycles. The van der Waals surface area contributed by atoms with Crippen LogP contribution in [0.2, 0.25) is 0 Å². The molecule has 2 aromatic rings.